The quantitative estimate of drug-likeness (QED) is 0.744. The minimum Gasteiger partial charge on any atom is -0.383 e. The first-order chi connectivity index (χ1) is 12.4. The fraction of sp³-hybridized carbons (Fsp3) is 0.278. The lowest BCUT2D eigenvalue weighted by Gasteiger charge is -2.25. The molecule has 0 aliphatic carbocycles. The number of halogens is 1. The maximum absolute atomic E-state index is 13.1. The van der Waals surface area contributed by atoms with Crippen molar-refractivity contribution < 1.29 is 17.9 Å². The monoisotopic (exact) mass is 396 g/mol. The molecule has 1 atom stereocenters. The molecule has 26 heavy (non-hydrogen) atoms. The Bertz CT molecular complexity index is 843. The van der Waals surface area contributed by atoms with E-state index in [4.69, 9.17) is 16.3 Å². The molecular formula is C18H21ClN2O4S. The van der Waals surface area contributed by atoms with E-state index >= 15 is 0 Å². The van der Waals surface area contributed by atoms with Gasteiger partial charge in [0.2, 0.25) is 5.91 Å². The molecule has 0 aliphatic rings. The number of anilines is 1. The molecule has 0 unspecified atom stereocenters. The Balaban J connectivity index is 2.38. The molecule has 2 aromatic carbocycles. The highest BCUT2D eigenvalue weighted by Gasteiger charge is 2.28. The lowest BCUT2D eigenvalue weighted by Crippen LogP contribution is -2.44. The van der Waals surface area contributed by atoms with Crippen molar-refractivity contribution in [3.63, 3.8) is 0 Å². The van der Waals surface area contributed by atoms with Crippen LogP contribution in [0.4, 0.5) is 5.69 Å². The molecule has 0 aromatic heterocycles. The lowest BCUT2D eigenvalue weighted by atomic mass is 10.3. The number of carbonyl (C=O) groups is 1. The van der Waals surface area contributed by atoms with Crippen LogP contribution in [0.3, 0.4) is 0 Å². The largest absolute Gasteiger partial charge is 0.383 e. The molecule has 2 aromatic rings. The molecule has 0 spiro atoms. The lowest BCUT2D eigenvalue weighted by molar-refractivity contribution is -0.120. The van der Waals surface area contributed by atoms with Gasteiger partial charge in [-0.25, -0.2) is 8.42 Å². The summed E-state index contributed by atoms with van der Waals surface area (Å²) in [7, 11) is -2.44. The number of hydrogen-bond donors (Lipinski definition) is 1. The average molecular weight is 397 g/mol. The number of para-hydroxylation sites is 1. The van der Waals surface area contributed by atoms with Crippen LogP contribution in [-0.2, 0) is 19.6 Å². The highest BCUT2D eigenvalue weighted by Crippen LogP contribution is 2.30. The highest BCUT2D eigenvalue weighted by atomic mass is 35.5. The van der Waals surface area contributed by atoms with Gasteiger partial charge in [0.25, 0.3) is 10.0 Å². The zero-order valence-electron chi connectivity index (χ0n) is 14.6. The maximum Gasteiger partial charge on any atom is 0.264 e. The zero-order valence-corrected chi connectivity index (χ0v) is 16.1. The average Bonchev–Trinajstić information content (AvgIpc) is 2.61. The maximum atomic E-state index is 13.1. The van der Waals surface area contributed by atoms with E-state index < -0.39 is 22.5 Å². The van der Waals surface area contributed by atoms with Gasteiger partial charge in [-0.2, -0.15) is 0 Å². The first-order valence-electron chi connectivity index (χ1n) is 7.97. The number of methoxy groups -OCH3 is 1. The van der Waals surface area contributed by atoms with Gasteiger partial charge in [0.15, 0.2) is 0 Å². The van der Waals surface area contributed by atoms with E-state index in [0.29, 0.717) is 6.61 Å². The number of sulfonamides is 1. The summed E-state index contributed by atoms with van der Waals surface area (Å²) < 4.78 is 32.2. The fourth-order valence-corrected chi connectivity index (χ4v) is 4.16. The van der Waals surface area contributed by atoms with Crippen molar-refractivity contribution in [2.75, 3.05) is 24.6 Å². The molecule has 2 rings (SSSR count). The second-order valence-corrected chi connectivity index (χ2v) is 7.97. The van der Waals surface area contributed by atoms with Crippen molar-refractivity contribution in [2.24, 2.45) is 0 Å². The number of carbonyl (C=O) groups excluding carboxylic acids is 1. The van der Waals surface area contributed by atoms with E-state index in [0.717, 1.165) is 4.31 Å². The molecule has 1 N–H and O–H groups in total. The number of benzene rings is 2. The van der Waals surface area contributed by atoms with Gasteiger partial charge in [0.1, 0.15) is 6.54 Å². The van der Waals surface area contributed by atoms with Crippen LogP contribution in [-0.4, -0.2) is 40.6 Å². The summed E-state index contributed by atoms with van der Waals surface area (Å²) in [6, 6.07) is 14.2. The van der Waals surface area contributed by atoms with Gasteiger partial charge in [-0.05, 0) is 31.2 Å². The Morgan fingerprint density at radius 2 is 1.77 bits per heavy atom. The SMILES string of the molecule is COC[C@@H](C)NC(=O)CN(c1ccccc1Cl)S(=O)(=O)c1ccccc1. The molecule has 1 amide bonds. The molecule has 6 nitrogen and oxygen atoms in total. The predicted octanol–water partition coefficient (Wildman–Crippen LogP) is 2.69. The standard InChI is InChI=1S/C18H21ClN2O4S/c1-14(13-25-2)20-18(22)12-21(17-11-7-6-10-16(17)19)26(23,24)15-8-4-3-5-9-15/h3-11,14H,12-13H2,1-2H3,(H,20,22)/t14-/m1/s1. The number of ether oxygens (including phenoxy) is 1. The van der Waals surface area contributed by atoms with Gasteiger partial charge in [-0.15, -0.1) is 0 Å². The van der Waals surface area contributed by atoms with Crippen molar-refractivity contribution in [3.05, 3.63) is 59.6 Å². The molecule has 0 bridgehead atoms. The van der Waals surface area contributed by atoms with Crippen LogP contribution in [0.25, 0.3) is 0 Å². The summed E-state index contributed by atoms with van der Waals surface area (Å²) in [6.45, 7) is 1.70. The minimum atomic E-state index is -3.96. The molecular weight excluding hydrogens is 376 g/mol. The zero-order chi connectivity index (χ0) is 19.2. The predicted molar refractivity (Wildman–Crippen MR) is 102 cm³/mol. The highest BCUT2D eigenvalue weighted by molar-refractivity contribution is 7.92. The van der Waals surface area contributed by atoms with Gasteiger partial charge in [-0.1, -0.05) is 41.9 Å². The van der Waals surface area contributed by atoms with Crippen molar-refractivity contribution in [3.8, 4) is 0 Å². The van der Waals surface area contributed by atoms with E-state index in [1.54, 1.807) is 49.4 Å². The minimum absolute atomic E-state index is 0.0812. The Labute approximate surface area is 158 Å². The Hall–Kier alpha value is -2.09. The normalized spacial score (nSPS) is 12.4. The van der Waals surface area contributed by atoms with Crippen LogP contribution in [0.1, 0.15) is 6.92 Å². The topological polar surface area (TPSA) is 75.7 Å². The summed E-state index contributed by atoms with van der Waals surface area (Å²) in [5.41, 5.74) is 0.243. The molecule has 140 valence electrons. The fourth-order valence-electron chi connectivity index (χ4n) is 2.42. The van der Waals surface area contributed by atoms with Crippen LogP contribution < -0.4 is 9.62 Å². The Kier molecular flexibility index (Phi) is 7.02. The van der Waals surface area contributed by atoms with Crippen LogP contribution in [0.2, 0.25) is 5.02 Å². The third-order valence-electron chi connectivity index (χ3n) is 3.56. The first-order valence-corrected chi connectivity index (χ1v) is 9.78. The molecule has 0 fully saturated rings. The smallest absolute Gasteiger partial charge is 0.264 e. The number of rotatable bonds is 8. The Morgan fingerprint density at radius 3 is 2.38 bits per heavy atom. The van der Waals surface area contributed by atoms with Crippen LogP contribution in [0.5, 0.6) is 0 Å². The third kappa shape index (κ3) is 4.97. The summed E-state index contributed by atoms with van der Waals surface area (Å²) in [5.74, 6) is -0.450. The van der Waals surface area contributed by atoms with E-state index in [2.05, 4.69) is 5.32 Å². The van der Waals surface area contributed by atoms with Gasteiger partial charge < -0.3 is 10.1 Å². The van der Waals surface area contributed by atoms with E-state index in [9.17, 15) is 13.2 Å². The summed E-state index contributed by atoms with van der Waals surface area (Å²) in [4.78, 5) is 12.5. The van der Waals surface area contributed by atoms with Crippen molar-refractivity contribution in [1.82, 2.24) is 5.32 Å². The molecule has 0 heterocycles. The van der Waals surface area contributed by atoms with Crippen LogP contribution in [0, 0.1) is 0 Å². The molecule has 8 heteroatoms. The van der Waals surface area contributed by atoms with Crippen molar-refractivity contribution in [2.45, 2.75) is 17.9 Å². The molecule has 0 saturated heterocycles. The third-order valence-corrected chi connectivity index (χ3v) is 5.66. The van der Waals surface area contributed by atoms with Gasteiger partial charge in [-0.3, -0.25) is 9.10 Å². The molecule has 0 saturated carbocycles. The molecule has 0 radical (unpaired) electrons. The number of nitrogens with one attached hydrogen (secondary N) is 1. The number of amides is 1. The molecule has 0 aliphatic heterocycles. The summed E-state index contributed by atoms with van der Waals surface area (Å²) >= 11 is 6.19. The number of hydrogen-bond acceptors (Lipinski definition) is 4. The van der Waals surface area contributed by atoms with Gasteiger partial charge in [0, 0.05) is 13.2 Å². The second kappa shape index (κ2) is 9.02. The first kappa shape index (κ1) is 20.2. The van der Waals surface area contributed by atoms with E-state index in [1.807, 2.05) is 0 Å². The van der Waals surface area contributed by atoms with Crippen LogP contribution >= 0.6 is 11.6 Å². The van der Waals surface area contributed by atoms with Gasteiger partial charge in [0.05, 0.1) is 22.2 Å². The number of nitrogens with zero attached hydrogens (tertiary/aromatic N) is 1. The second-order valence-electron chi connectivity index (χ2n) is 5.70. The van der Waals surface area contributed by atoms with Gasteiger partial charge >= 0.3 is 0 Å². The van der Waals surface area contributed by atoms with Crippen molar-refractivity contribution in [1.29, 1.82) is 0 Å². The van der Waals surface area contributed by atoms with Crippen LogP contribution in [0.15, 0.2) is 59.5 Å². The summed E-state index contributed by atoms with van der Waals surface area (Å²) in [6.07, 6.45) is 0. The van der Waals surface area contributed by atoms with E-state index in [-0.39, 0.29) is 21.6 Å². The van der Waals surface area contributed by atoms with E-state index in [1.165, 1.54) is 19.2 Å². The summed E-state index contributed by atoms with van der Waals surface area (Å²) in [5, 5.41) is 2.95. The van der Waals surface area contributed by atoms with Crippen molar-refractivity contribution >= 4 is 33.2 Å². The Morgan fingerprint density at radius 1 is 1.15 bits per heavy atom.